The molecule has 6 heteroatoms. The van der Waals surface area contributed by atoms with Gasteiger partial charge in [-0.15, -0.1) is 0 Å². The van der Waals surface area contributed by atoms with Gasteiger partial charge in [-0.3, -0.25) is 4.90 Å². The molecule has 0 aliphatic carbocycles. The molecular formula is C20H20FN3OS. The number of nitrogens with zero attached hydrogens (tertiary/aromatic N) is 3. The number of ether oxygens (including phenoxy) is 1. The number of fused-ring (bicyclic) bond motifs is 1. The van der Waals surface area contributed by atoms with Crippen LogP contribution in [-0.2, 0) is 24.4 Å². The zero-order valence-electron chi connectivity index (χ0n) is 14.4. The lowest BCUT2D eigenvalue weighted by Gasteiger charge is -2.35. The first-order valence-electron chi connectivity index (χ1n) is 8.89. The van der Waals surface area contributed by atoms with Crippen LogP contribution < -0.4 is 0 Å². The molecule has 0 amide bonds. The highest BCUT2D eigenvalue weighted by Gasteiger charge is 2.43. The van der Waals surface area contributed by atoms with Crippen molar-refractivity contribution in [3.05, 3.63) is 64.5 Å². The van der Waals surface area contributed by atoms with Crippen molar-refractivity contribution in [1.82, 2.24) is 14.5 Å². The fourth-order valence-corrected chi connectivity index (χ4v) is 4.70. The van der Waals surface area contributed by atoms with Crippen molar-refractivity contribution in [1.29, 1.82) is 0 Å². The van der Waals surface area contributed by atoms with E-state index in [1.54, 1.807) is 11.3 Å². The topological polar surface area (TPSA) is 30.3 Å². The number of imidazole rings is 1. The van der Waals surface area contributed by atoms with E-state index in [2.05, 4.69) is 31.3 Å². The number of hydrogen-bond donors (Lipinski definition) is 0. The summed E-state index contributed by atoms with van der Waals surface area (Å²) < 4.78 is 21.7. The first kappa shape index (κ1) is 16.2. The summed E-state index contributed by atoms with van der Waals surface area (Å²) >= 11 is 1.71. The Hall–Kier alpha value is -2.02. The standard InChI is InChI=1S/C20H20FN3OS/c21-17-3-1-15(2-4-17)10-23-7-6-20(13-23)14-24-18(16-5-8-26-12-16)9-22-19(24)11-25-20/h1-5,8-9,12H,6-7,10-11,13-14H2/t20-/m1/s1. The zero-order valence-corrected chi connectivity index (χ0v) is 15.2. The molecule has 2 aliphatic rings. The average Bonchev–Trinajstić information content (AvgIpc) is 3.37. The van der Waals surface area contributed by atoms with Crippen LogP contribution in [-0.4, -0.2) is 33.1 Å². The van der Waals surface area contributed by atoms with Gasteiger partial charge in [-0.1, -0.05) is 12.1 Å². The molecule has 5 rings (SSSR count). The van der Waals surface area contributed by atoms with Crippen molar-refractivity contribution >= 4 is 11.3 Å². The van der Waals surface area contributed by atoms with Crippen LogP contribution in [0.3, 0.4) is 0 Å². The van der Waals surface area contributed by atoms with E-state index in [1.165, 1.54) is 23.4 Å². The van der Waals surface area contributed by atoms with Crippen molar-refractivity contribution in [2.75, 3.05) is 13.1 Å². The third-order valence-corrected chi connectivity index (χ3v) is 6.11. The number of benzene rings is 1. The minimum atomic E-state index is -0.184. The largest absolute Gasteiger partial charge is 0.364 e. The SMILES string of the molecule is Fc1ccc(CN2CC[C@@]3(C2)Cn2c(-c4ccsc4)cnc2CO3)cc1. The molecule has 1 aromatic carbocycles. The highest BCUT2D eigenvalue weighted by Crippen LogP contribution is 2.36. The summed E-state index contributed by atoms with van der Waals surface area (Å²) in [5.41, 5.74) is 3.40. The minimum absolute atomic E-state index is 0.154. The lowest BCUT2D eigenvalue weighted by atomic mass is 10.0. The Kier molecular flexibility index (Phi) is 3.92. The van der Waals surface area contributed by atoms with Gasteiger partial charge in [-0.2, -0.15) is 11.3 Å². The van der Waals surface area contributed by atoms with Crippen molar-refractivity contribution in [2.45, 2.75) is 31.7 Å². The van der Waals surface area contributed by atoms with Crippen LogP contribution in [0, 0.1) is 5.82 Å². The van der Waals surface area contributed by atoms with Gasteiger partial charge in [0.15, 0.2) is 0 Å². The van der Waals surface area contributed by atoms with E-state index >= 15 is 0 Å². The van der Waals surface area contributed by atoms with Crippen LogP contribution in [0.5, 0.6) is 0 Å². The van der Waals surface area contributed by atoms with Crippen LogP contribution in [0.1, 0.15) is 17.8 Å². The number of aromatic nitrogens is 2. The molecular weight excluding hydrogens is 349 g/mol. The van der Waals surface area contributed by atoms with Crippen LogP contribution in [0.15, 0.2) is 47.3 Å². The normalized spacial score (nSPS) is 22.8. The van der Waals surface area contributed by atoms with Crippen molar-refractivity contribution in [3.8, 4) is 11.3 Å². The molecule has 134 valence electrons. The second kappa shape index (κ2) is 6.30. The van der Waals surface area contributed by atoms with E-state index in [0.717, 1.165) is 44.0 Å². The molecule has 0 radical (unpaired) electrons. The average molecular weight is 369 g/mol. The first-order chi connectivity index (χ1) is 12.7. The van der Waals surface area contributed by atoms with Gasteiger partial charge in [0.2, 0.25) is 0 Å². The molecule has 26 heavy (non-hydrogen) atoms. The Morgan fingerprint density at radius 3 is 2.88 bits per heavy atom. The van der Waals surface area contributed by atoms with E-state index in [4.69, 9.17) is 4.74 Å². The van der Waals surface area contributed by atoms with Crippen LogP contribution in [0.25, 0.3) is 11.3 Å². The molecule has 2 aromatic heterocycles. The van der Waals surface area contributed by atoms with Gasteiger partial charge < -0.3 is 9.30 Å². The fourth-order valence-electron chi connectivity index (χ4n) is 4.06. The van der Waals surface area contributed by atoms with Gasteiger partial charge >= 0.3 is 0 Å². The number of rotatable bonds is 3. The third kappa shape index (κ3) is 2.88. The Balaban J connectivity index is 1.34. The summed E-state index contributed by atoms with van der Waals surface area (Å²) in [6.45, 7) is 4.13. The van der Waals surface area contributed by atoms with Crippen LogP contribution in [0.2, 0.25) is 0 Å². The van der Waals surface area contributed by atoms with Gasteiger partial charge in [0.1, 0.15) is 23.8 Å². The van der Waals surface area contributed by atoms with Crippen molar-refractivity contribution in [2.24, 2.45) is 0 Å². The molecule has 2 aliphatic heterocycles. The number of halogens is 1. The second-order valence-corrected chi connectivity index (χ2v) is 8.00. The van der Waals surface area contributed by atoms with Crippen LogP contribution in [0.4, 0.5) is 4.39 Å². The highest BCUT2D eigenvalue weighted by molar-refractivity contribution is 7.08. The van der Waals surface area contributed by atoms with E-state index < -0.39 is 0 Å². The van der Waals surface area contributed by atoms with Gasteiger partial charge in [-0.25, -0.2) is 9.37 Å². The van der Waals surface area contributed by atoms with E-state index in [-0.39, 0.29) is 11.4 Å². The Morgan fingerprint density at radius 1 is 1.19 bits per heavy atom. The molecule has 1 atom stereocenters. The fraction of sp³-hybridized carbons (Fsp3) is 0.350. The number of thiophene rings is 1. The van der Waals surface area contributed by atoms with E-state index in [0.29, 0.717) is 6.61 Å². The van der Waals surface area contributed by atoms with Gasteiger partial charge in [0.05, 0.1) is 18.4 Å². The quantitative estimate of drug-likeness (QED) is 0.701. The lowest BCUT2D eigenvalue weighted by Crippen LogP contribution is -2.44. The van der Waals surface area contributed by atoms with E-state index in [9.17, 15) is 4.39 Å². The maximum absolute atomic E-state index is 13.1. The highest BCUT2D eigenvalue weighted by atomic mass is 32.1. The van der Waals surface area contributed by atoms with Gasteiger partial charge in [0, 0.05) is 30.6 Å². The first-order valence-corrected chi connectivity index (χ1v) is 9.83. The van der Waals surface area contributed by atoms with E-state index in [1.807, 2.05) is 18.3 Å². The molecule has 1 saturated heterocycles. The summed E-state index contributed by atoms with van der Waals surface area (Å²) in [5, 5.41) is 4.27. The molecule has 1 fully saturated rings. The Morgan fingerprint density at radius 2 is 2.08 bits per heavy atom. The molecule has 4 nitrogen and oxygen atoms in total. The number of hydrogen-bond acceptors (Lipinski definition) is 4. The predicted molar refractivity (Wildman–Crippen MR) is 99.4 cm³/mol. The van der Waals surface area contributed by atoms with Gasteiger partial charge in [0.25, 0.3) is 0 Å². The second-order valence-electron chi connectivity index (χ2n) is 7.22. The molecule has 0 saturated carbocycles. The maximum atomic E-state index is 13.1. The summed E-state index contributed by atoms with van der Waals surface area (Å²) in [4.78, 5) is 6.96. The minimum Gasteiger partial charge on any atom is -0.364 e. The molecule has 1 spiro atoms. The van der Waals surface area contributed by atoms with Crippen LogP contribution >= 0.6 is 11.3 Å². The predicted octanol–water partition coefficient (Wildman–Crippen LogP) is 3.93. The summed E-state index contributed by atoms with van der Waals surface area (Å²) in [5.74, 6) is 0.824. The monoisotopic (exact) mass is 369 g/mol. The summed E-state index contributed by atoms with van der Waals surface area (Å²) in [6.07, 6.45) is 2.97. The number of likely N-dealkylation sites (tertiary alicyclic amines) is 1. The molecule has 0 unspecified atom stereocenters. The van der Waals surface area contributed by atoms with Crippen molar-refractivity contribution in [3.63, 3.8) is 0 Å². The smallest absolute Gasteiger partial charge is 0.135 e. The van der Waals surface area contributed by atoms with Gasteiger partial charge in [-0.05, 0) is 35.6 Å². The summed E-state index contributed by atoms with van der Waals surface area (Å²) in [6, 6.07) is 8.94. The Bertz CT molecular complexity index is 906. The molecule has 0 bridgehead atoms. The zero-order chi connectivity index (χ0) is 17.6. The maximum Gasteiger partial charge on any atom is 0.135 e. The third-order valence-electron chi connectivity index (χ3n) is 5.42. The van der Waals surface area contributed by atoms with Crippen molar-refractivity contribution < 1.29 is 9.13 Å². The molecule has 0 N–H and O–H groups in total. The summed E-state index contributed by atoms with van der Waals surface area (Å²) in [7, 11) is 0. The molecule has 3 aromatic rings. The molecule has 4 heterocycles. The lowest BCUT2D eigenvalue weighted by molar-refractivity contribution is -0.0821. The Labute approximate surface area is 155 Å².